The van der Waals surface area contributed by atoms with Crippen molar-refractivity contribution >= 4 is 11.4 Å². The lowest BCUT2D eigenvalue weighted by Crippen LogP contribution is -2.39. The number of nitrogens with zero attached hydrogens (tertiary/aromatic N) is 2. The Hall–Kier alpha value is -1.66. The lowest BCUT2D eigenvalue weighted by molar-refractivity contribution is -0.384. The number of nitro benzene ring substituents is 1. The summed E-state index contributed by atoms with van der Waals surface area (Å²) in [6.45, 7) is 4.15. The average molecular weight is 279 g/mol. The van der Waals surface area contributed by atoms with Crippen molar-refractivity contribution in [2.45, 2.75) is 25.8 Å². The summed E-state index contributed by atoms with van der Waals surface area (Å²) in [5, 5.41) is 23.6. The van der Waals surface area contributed by atoms with E-state index in [1.165, 1.54) is 0 Å². The van der Waals surface area contributed by atoms with Crippen molar-refractivity contribution < 1.29 is 10.0 Å². The maximum atomic E-state index is 11.0. The molecule has 110 valence electrons. The first-order valence-electron chi connectivity index (χ1n) is 6.95. The van der Waals surface area contributed by atoms with Crippen molar-refractivity contribution in [2.75, 3.05) is 31.1 Å². The van der Waals surface area contributed by atoms with Crippen LogP contribution in [0.25, 0.3) is 0 Å². The number of aryl methyl sites for hydroxylation is 1. The van der Waals surface area contributed by atoms with Crippen LogP contribution in [0.5, 0.6) is 0 Å². The minimum Gasteiger partial charge on any atom is -0.395 e. The van der Waals surface area contributed by atoms with E-state index < -0.39 is 0 Å². The Morgan fingerprint density at radius 1 is 1.50 bits per heavy atom. The Labute approximate surface area is 118 Å². The van der Waals surface area contributed by atoms with E-state index in [0.29, 0.717) is 12.6 Å². The SMILES string of the molecule is Cc1cc(N(CCO)CC2CCCN2)cc([N+](=O)[O-])c1. The van der Waals surface area contributed by atoms with Crippen LogP contribution < -0.4 is 10.2 Å². The van der Waals surface area contributed by atoms with E-state index in [-0.39, 0.29) is 17.2 Å². The average Bonchev–Trinajstić information content (AvgIpc) is 2.90. The van der Waals surface area contributed by atoms with Crippen LogP contribution >= 0.6 is 0 Å². The second kappa shape index (κ2) is 6.67. The molecule has 0 spiro atoms. The zero-order valence-electron chi connectivity index (χ0n) is 11.7. The lowest BCUT2D eigenvalue weighted by Gasteiger charge is -2.27. The zero-order valence-corrected chi connectivity index (χ0v) is 11.7. The van der Waals surface area contributed by atoms with Gasteiger partial charge in [-0.25, -0.2) is 0 Å². The summed E-state index contributed by atoms with van der Waals surface area (Å²) in [7, 11) is 0. The zero-order chi connectivity index (χ0) is 14.5. The molecule has 2 rings (SSSR count). The van der Waals surface area contributed by atoms with E-state index >= 15 is 0 Å². The highest BCUT2D eigenvalue weighted by molar-refractivity contribution is 5.55. The Bertz CT molecular complexity index is 473. The van der Waals surface area contributed by atoms with E-state index in [1.807, 2.05) is 17.9 Å². The van der Waals surface area contributed by atoms with Crippen LogP contribution in [0.4, 0.5) is 11.4 Å². The van der Waals surface area contributed by atoms with E-state index in [9.17, 15) is 15.2 Å². The number of aliphatic hydroxyl groups is 1. The summed E-state index contributed by atoms with van der Waals surface area (Å²) in [6, 6.07) is 5.46. The number of anilines is 1. The standard InChI is InChI=1S/C14H21N3O3/c1-11-7-13(9-14(8-11)17(19)20)16(5-6-18)10-12-3-2-4-15-12/h7-9,12,15,18H,2-6,10H2,1H3. The number of non-ortho nitro benzene ring substituents is 1. The van der Waals surface area contributed by atoms with E-state index in [4.69, 9.17) is 0 Å². The van der Waals surface area contributed by atoms with Crippen LogP contribution in [0.1, 0.15) is 18.4 Å². The second-order valence-electron chi connectivity index (χ2n) is 5.25. The van der Waals surface area contributed by atoms with Gasteiger partial charge >= 0.3 is 0 Å². The number of rotatable bonds is 6. The molecule has 0 bridgehead atoms. The van der Waals surface area contributed by atoms with Crippen molar-refractivity contribution in [1.82, 2.24) is 5.32 Å². The third kappa shape index (κ3) is 3.68. The first kappa shape index (κ1) is 14.7. The van der Waals surface area contributed by atoms with Gasteiger partial charge < -0.3 is 15.3 Å². The van der Waals surface area contributed by atoms with Gasteiger partial charge in [-0.15, -0.1) is 0 Å². The van der Waals surface area contributed by atoms with Gasteiger partial charge in [0.1, 0.15) is 0 Å². The van der Waals surface area contributed by atoms with Gasteiger partial charge in [0.25, 0.3) is 5.69 Å². The highest BCUT2D eigenvalue weighted by atomic mass is 16.6. The molecule has 1 aromatic rings. The monoisotopic (exact) mass is 279 g/mol. The van der Waals surface area contributed by atoms with Crippen LogP contribution in [0.2, 0.25) is 0 Å². The van der Waals surface area contributed by atoms with Gasteiger partial charge in [-0.3, -0.25) is 10.1 Å². The van der Waals surface area contributed by atoms with Gasteiger partial charge in [-0.1, -0.05) is 0 Å². The fourth-order valence-corrected chi connectivity index (χ4v) is 2.66. The molecular weight excluding hydrogens is 258 g/mol. The molecule has 1 heterocycles. The van der Waals surface area contributed by atoms with Gasteiger partial charge in [-0.05, 0) is 37.9 Å². The van der Waals surface area contributed by atoms with Crippen LogP contribution in [0.15, 0.2) is 18.2 Å². The maximum absolute atomic E-state index is 11.0. The van der Waals surface area contributed by atoms with Crippen LogP contribution in [-0.2, 0) is 0 Å². The largest absolute Gasteiger partial charge is 0.395 e. The molecule has 0 amide bonds. The van der Waals surface area contributed by atoms with Crippen LogP contribution in [0.3, 0.4) is 0 Å². The number of nitro groups is 1. The third-order valence-corrected chi connectivity index (χ3v) is 3.60. The Balaban J connectivity index is 2.20. The molecule has 1 aliphatic heterocycles. The Morgan fingerprint density at radius 3 is 2.90 bits per heavy atom. The van der Waals surface area contributed by atoms with E-state index in [0.717, 1.165) is 37.2 Å². The highest BCUT2D eigenvalue weighted by Gasteiger charge is 2.19. The van der Waals surface area contributed by atoms with Crippen molar-refractivity contribution in [3.05, 3.63) is 33.9 Å². The molecular formula is C14H21N3O3. The predicted molar refractivity (Wildman–Crippen MR) is 78.2 cm³/mol. The number of hydrogen-bond acceptors (Lipinski definition) is 5. The summed E-state index contributed by atoms with van der Waals surface area (Å²) in [5.41, 5.74) is 1.76. The first-order valence-corrected chi connectivity index (χ1v) is 6.95. The van der Waals surface area contributed by atoms with E-state index in [1.54, 1.807) is 12.1 Å². The Kier molecular flexibility index (Phi) is 4.92. The summed E-state index contributed by atoms with van der Waals surface area (Å²) < 4.78 is 0. The maximum Gasteiger partial charge on any atom is 0.271 e. The molecule has 6 nitrogen and oxygen atoms in total. The number of hydrogen-bond donors (Lipinski definition) is 2. The molecule has 0 aliphatic carbocycles. The predicted octanol–water partition coefficient (Wildman–Crippen LogP) is 1.45. The molecule has 1 saturated heterocycles. The fraction of sp³-hybridized carbons (Fsp3) is 0.571. The van der Waals surface area contributed by atoms with Gasteiger partial charge in [0.05, 0.1) is 11.5 Å². The first-order chi connectivity index (χ1) is 9.60. The topological polar surface area (TPSA) is 78.6 Å². The fourth-order valence-electron chi connectivity index (χ4n) is 2.66. The lowest BCUT2D eigenvalue weighted by atomic mass is 10.1. The van der Waals surface area contributed by atoms with Crippen molar-refractivity contribution in [1.29, 1.82) is 0 Å². The molecule has 0 saturated carbocycles. The van der Waals surface area contributed by atoms with Crippen LogP contribution in [-0.4, -0.2) is 42.3 Å². The third-order valence-electron chi connectivity index (χ3n) is 3.60. The highest BCUT2D eigenvalue weighted by Crippen LogP contribution is 2.24. The molecule has 0 radical (unpaired) electrons. The van der Waals surface area contributed by atoms with Crippen molar-refractivity contribution in [3.63, 3.8) is 0 Å². The van der Waals surface area contributed by atoms with Gasteiger partial charge in [0, 0.05) is 37.0 Å². The van der Waals surface area contributed by atoms with Crippen LogP contribution in [0, 0.1) is 17.0 Å². The number of aliphatic hydroxyl groups excluding tert-OH is 1. The smallest absolute Gasteiger partial charge is 0.271 e. The Morgan fingerprint density at radius 2 is 2.30 bits per heavy atom. The molecule has 1 aromatic carbocycles. The molecule has 6 heteroatoms. The van der Waals surface area contributed by atoms with Gasteiger partial charge in [0.2, 0.25) is 0 Å². The van der Waals surface area contributed by atoms with E-state index in [2.05, 4.69) is 5.32 Å². The minimum atomic E-state index is -0.374. The molecule has 2 N–H and O–H groups in total. The van der Waals surface area contributed by atoms with Gasteiger partial charge in [-0.2, -0.15) is 0 Å². The summed E-state index contributed by atoms with van der Waals surface area (Å²) >= 11 is 0. The molecule has 20 heavy (non-hydrogen) atoms. The molecule has 1 atom stereocenters. The minimum absolute atomic E-state index is 0.0362. The van der Waals surface area contributed by atoms with Crippen molar-refractivity contribution in [3.8, 4) is 0 Å². The second-order valence-corrected chi connectivity index (χ2v) is 5.25. The molecule has 1 aliphatic rings. The van der Waals surface area contributed by atoms with Crippen molar-refractivity contribution in [2.24, 2.45) is 0 Å². The molecule has 0 aromatic heterocycles. The summed E-state index contributed by atoms with van der Waals surface area (Å²) in [6.07, 6.45) is 2.27. The summed E-state index contributed by atoms with van der Waals surface area (Å²) in [5.74, 6) is 0. The van der Waals surface area contributed by atoms with Gasteiger partial charge in [0.15, 0.2) is 0 Å². The summed E-state index contributed by atoms with van der Waals surface area (Å²) in [4.78, 5) is 12.6. The number of benzene rings is 1. The molecule has 1 unspecified atom stereocenters. The quantitative estimate of drug-likeness (QED) is 0.609. The number of nitrogens with one attached hydrogen (secondary N) is 1. The normalized spacial score (nSPS) is 18.2. The molecule has 1 fully saturated rings.